The van der Waals surface area contributed by atoms with E-state index in [2.05, 4.69) is 38.0 Å². The Hall–Kier alpha value is -0.0800. The summed E-state index contributed by atoms with van der Waals surface area (Å²) in [6, 6.07) is 0.839. The molecule has 0 aromatic heterocycles. The van der Waals surface area contributed by atoms with Crippen molar-refractivity contribution in [1.29, 1.82) is 0 Å². The summed E-state index contributed by atoms with van der Waals surface area (Å²) < 4.78 is 0. The van der Waals surface area contributed by atoms with E-state index >= 15 is 0 Å². The molecule has 0 saturated heterocycles. The Balaban J connectivity index is 2.30. The molecule has 0 aromatic rings. The van der Waals surface area contributed by atoms with Gasteiger partial charge in [0, 0.05) is 6.04 Å². The first kappa shape index (κ1) is 16.0. The van der Waals surface area contributed by atoms with Gasteiger partial charge in [-0.25, -0.2) is 0 Å². The molecule has 0 aromatic carbocycles. The Kier molecular flexibility index (Phi) is 6.65. The van der Waals surface area contributed by atoms with Crippen LogP contribution in [0.1, 0.15) is 59.3 Å². The van der Waals surface area contributed by atoms with Gasteiger partial charge in [-0.3, -0.25) is 0 Å². The predicted molar refractivity (Wildman–Crippen MR) is 81.0 cm³/mol. The van der Waals surface area contributed by atoms with Crippen molar-refractivity contribution < 1.29 is 0 Å². The van der Waals surface area contributed by atoms with Crippen molar-refractivity contribution in [2.75, 3.05) is 27.2 Å². The quantitative estimate of drug-likeness (QED) is 0.699. The predicted octanol–water partition coefficient (Wildman–Crippen LogP) is 3.52. The van der Waals surface area contributed by atoms with Crippen molar-refractivity contribution >= 4 is 0 Å². The van der Waals surface area contributed by atoms with E-state index in [-0.39, 0.29) is 0 Å². The molecule has 0 aliphatic heterocycles. The van der Waals surface area contributed by atoms with Crippen molar-refractivity contribution in [2.45, 2.75) is 65.3 Å². The zero-order valence-electron chi connectivity index (χ0n) is 13.3. The number of rotatable bonds is 7. The Bertz CT molecular complexity index is 217. The molecule has 0 unspecified atom stereocenters. The molecule has 0 amide bonds. The second-order valence-electron chi connectivity index (χ2n) is 6.79. The highest BCUT2D eigenvalue weighted by atomic mass is 15.1. The minimum Gasteiger partial charge on any atom is -0.320 e. The van der Waals surface area contributed by atoms with Crippen molar-refractivity contribution in [1.82, 2.24) is 10.2 Å². The van der Waals surface area contributed by atoms with E-state index in [9.17, 15) is 0 Å². The molecular formula is C16H34N2. The van der Waals surface area contributed by atoms with E-state index < -0.39 is 0 Å². The van der Waals surface area contributed by atoms with Gasteiger partial charge in [0.15, 0.2) is 0 Å². The topological polar surface area (TPSA) is 15.3 Å². The maximum atomic E-state index is 3.23. The van der Waals surface area contributed by atoms with Crippen LogP contribution in [0.15, 0.2) is 0 Å². The largest absolute Gasteiger partial charge is 0.320 e. The molecule has 0 radical (unpaired) electrons. The molecular weight excluding hydrogens is 220 g/mol. The second-order valence-corrected chi connectivity index (χ2v) is 6.79. The third-order valence-corrected chi connectivity index (χ3v) is 5.27. The van der Waals surface area contributed by atoms with Crippen LogP contribution in [0.4, 0.5) is 0 Å². The minimum atomic E-state index is 0.551. The highest BCUT2D eigenvalue weighted by Crippen LogP contribution is 2.41. The lowest BCUT2D eigenvalue weighted by atomic mass is 9.69. The summed E-state index contributed by atoms with van der Waals surface area (Å²) in [5.41, 5.74) is 0.551. The van der Waals surface area contributed by atoms with Gasteiger partial charge in [-0.1, -0.05) is 27.2 Å². The molecule has 2 nitrogen and oxygen atoms in total. The van der Waals surface area contributed by atoms with Gasteiger partial charge in [0.1, 0.15) is 0 Å². The third kappa shape index (κ3) is 4.55. The van der Waals surface area contributed by atoms with Crippen LogP contribution in [0.3, 0.4) is 0 Å². The molecule has 2 heteroatoms. The minimum absolute atomic E-state index is 0.551. The Morgan fingerprint density at radius 2 is 1.78 bits per heavy atom. The standard InChI is InChI=1S/C16H34N2/c1-6-16(2,3)14-8-10-15(11-9-14)18(5)13-7-12-17-4/h14-15,17H,6-13H2,1-5H3. The van der Waals surface area contributed by atoms with E-state index in [4.69, 9.17) is 0 Å². The first-order valence-corrected chi connectivity index (χ1v) is 7.86. The molecule has 0 atom stereocenters. The fourth-order valence-electron chi connectivity index (χ4n) is 3.27. The Morgan fingerprint density at radius 3 is 2.28 bits per heavy atom. The van der Waals surface area contributed by atoms with E-state index in [1.807, 2.05) is 7.05 Å². The van der Waals surface area contributed by atoms with Gasteiger partial charge in [-0.15, -0.1) is 0 Å². The first-order chi connectivity index (χ1) is 8.51. The van der Waals surface area contributed by atoms with Crippen LogP contribution in [0.5, 0.6) is 0 Å². The van der Waals surface area contributed by atoms with Crippen molar-refractivity contribution in [2.24, 2.45) is 11.3 Å². The fourth-order valence-corrected chi connectivity index (χ4v) is 3.27. The van der Waals surface area contributed by atoms with Crippen molar-refractivity contribution in [3.63, 3.8) is 0 Å². The molecule has 1 aliphatic rings. The summed E-state index contributed by atoms with van der Waals surface area (Å²) in [6.45, 7) is 9.63. The summed E-state index contributed by atoms with van der Waals surface area (Å²) in [6.07, 6.45) is 8.27. The normalized spacial score (nSPS) is 25.7. The van der Waals surface area contributed by atoms with E-state index in [0.717, 1.165) is 18.5 Å². The molecule has 1 N–H and O–H groups in total. The van der Waals surface area contributed by atoms with Gasteiger partial charge in [0.25, 0.3) is 0 Å². The second kappa shape index (κ2) is 7.49. The summed E-state index contributed by atoms with van der Waals surface area (Å²) in [5, 5.41) is 3.23. The molecule has 1 fully saturated rings. The smallest absolute Gasteiger partial charge is 0.00924 e. The lowest BCUT2D eigenvalue weighted by molar-refractivity contribution is 0.0975. The summed E-state index contributed by atoms with van der Waals surface area (Å²) in [7, 11) is 4.35. The zero-order valence-corrected chi connectivity index (χ0v) is 13.3. The first-order valence-electron chi connectivity index (χ1n) is 7.86. The molecule has 1 aliphatic carbocycles. The molecule has 108 valence electrons. The van der Waals surface area contributed by atoms with Gasteiger partial charge in [0.05, 0.1) is 0 Å². The number of nitrogens with one attached hydrogen (secondary N) is 1. The molecule has 0 spiro atoms. The number of nitrogens with zero attached hydrogens (tertiary/aromatic N) is 1. The Morgan fingerprint density at radius 1 is 1.17 bits per heavy atom. The number of hydrogen-bond donors (Lipinski definition) is 1. The molecule has 1 saturated carbocycles. The van der Waals surface area contributed by atoms with Gasteiger partial charge >= 0.3 is 0 Å². The summed E-state index contributed by atoms with van der Waals surface area (Å²) in [4.78, 5) is 2.59. The summed E-state index contributed by atoms with van der Waals surface area (Å²) >= 11 is 0. The SMILES string of the molecule is CCC(C)(C)C1CCC(N(C)CCCNC)CC1. The third-order valence-electron chi connectivity index (χ3n) is 5.27. The van der Waals surface area contributed by atoms with Crippen LogP contribution < -0.4 is 5.32 Å². The van der Waals surface area contributed by atoms with Gasteiger partial charge in [-0.2, -0.15) is 0 Å². The van der Waals surface area contributed by atoms with E-state index in [0.29, 0.717) is 5.41 Å². The maximum Gasteiger partial charge on any atom is 0.00924 e. The molecule has 18 heavy (non-hydrogen) atoms. The van der Waals surface area contributed by atoms with Crippen LogP contribution in [0, 0.1) is 11.3 Å². The lowest BCUT2D eigenvalue weighted by Crippen LogP contribution is -2.39. The molecule has 0 bridgehead atoms. The van der Waals surface area contributed by atoms with Gasteiger partial charge in [-0.05, 0) is 70.6 Å². The monoisotopic (exact) mass is 254 g/mol. The van der Waals surface area contributed by atoms with Crippen LogP contribution in [0.25, 0.3) is 0 Å². The fraction of sp³-hybridized carbons (Fsp3) is 1.00. The van der Waals surface area contributed by atoms with Crippen LogP contribution in [0.2, 0.25) is 0 Å². The van der Waals surface area contributed by atoms with Gasteiger partial charge in [0.2, 0.25) is 0 Å². The van der Waals surface area contributed by atoms with Crippen molar-refractivity contribution in [3.05, 3.63) is 0 Å². The highest BCUT2D eigenvalue weighted by molar-refractivity contribution is 4.85. The van der Waals surface area contributed by atoms with Crippen LogP contribution in [-0.2, 0) is 0 Å². The Labute approximate surface area is 115 Å². The highest BCUT2D eigenvalue weighted by Gasteiger charge is 2.32. The molecule has 0 heterocycles. The van der Waals surface area contributed by atoms with E-state index in [1.165, 1.54) is 45.1 Å². The average molecular weight is 254 g/mol. The maximum absolute atomic E-state index is 3.23. The number of hydrogen-bond acceptors (Lipinski definition) is 2. The van der Waals surface area contributed by atoms with Crippen LogP contribution in [-0.4, -0.2) is 38.1 Å². The average Bonchev–Trinajstić information content (AvgIpc) is 2.39. The lowest BCUT2D eigenvalue weighted by Gasteiger charge is -2.41. The summed E-state index contributed by atoms with van der Waals surface area (Å²) in [5.74, 6) is 0.949. The van der Waals surface area contributed by atoms with E-state index in [1.54, 1.807) is 0 Å². The zero-order chi connectivity index (χ0) is 13.6. The van der Waals surface area contributed by atoms with Crippen molar-refractivity contribution in [3.8, 4) is 0 Å². The molecule has 1 rings (SSSR count). The van der Waals surface area contributed by atoms with Gasteiger partial charge < -0.3 is 10.2 Å². The van der Waals surface area contributed by atoms with Crippen LogP contribution >= 0.6 is 0 Å².